The summed E-state index contributed by atoms with van der Waals surface area (Å²) in [4.78, 5) is 20.4. The molecule has 1 amide bonds. The zero-order valence-corrected chi connectivity index (χ0v) is 9.84. The molecule has 1 heterocycles. The Hall–Kier alpha value is -1.20. The Balaban J connectivity index is 1.96. The fourth-order valence-corrected chi connectivity index (χ4v) is 1.97. The van der Waals surface area contributed by atoms with Crippen LogP contribution >= 0.6 is 11.6 Å². The number of amides is 1. The van der Waals surface area contributed by atoms with Crippen molar-refractivity contribution in [3.63, 3.8) is 0 Å². The number of carbonyl (C=O) groups is 1. The highest BCUT2D eigenvalue weighted by Crippen LogP contribution is 2.20. The fourth-order valence-electron chi connectivity index (χ4n) is 1.78. The number of nitrogens with one attached hydrogen (secondary N) is 1. The van der Waals surface area contributed by atoms with Crippen molar-refractivity contribution in [3.8, 4) is 0 Å². The summed E-state index contributed by atoms with van der Waals surface area (Å²) in [5.41, 5.74) is 2.26. The van der Waals surface area contributed by atoms with Gasteiger partial charge in [0.15, 0.2) is 0 Å². The van der Waals surface area contributed by atoms with Gasteiger partial charge in [0.1, 0.15) is 11.0 Å². The second kappa shape index (κ2) is 5.42. The first-order valence-corrected chi connectivity index (χ1v) is 5.81. The number of rotatable bonds is 3. The summed E-state index contributed by atoms with van der Waals surface area (Å²) < 4.78 is 12.9. The van der Waals surface area contributed by atoms with Crippen LogP contribution in [-0.2, 0) is 4.84 Å². The van der Waals surface area contributed by atoms with Crippen LogP contribution in [0.1, 0.15) is 36.0 Å². The normalized spacial score (nSPS) is 16.1. The Kier molecular flexibility index (Phi) is 3.91. The smallest absolute Gasteiger partial charge is 0.270 e. The first-order valence-electron chi connectivity index (χ1n) is 5.44. The van der Waals surface area contributed by atoms with Crippen molar-refractivity contribution in [2.24, 2.45) is 0 Å². The summed E-state index contributed by atoms with van der Waals surface area (Å²) in [6, 6.07) is 1.03. The standard InChI is InChI=1S/C11H12ClFN2O2/c12-10-9(5-7(13)6-14-10)11(16)15-17-8-3-1-2-4-8/h5-6,8H,1-4H2,(H,15,16). The van der Waals surface area contributed by atoms with Crippen LogP contribution in [0.2, 0.25) is 5.15 Å². The molecule has 0 spiro atoms. The predicted molar refractivity (Wildman–Crippen MR) is 60.0 cm³/mol. The lowest BCUT2D eigenvalue weighted by Gasteiger charge is -2.11. The van der Waals surface area contributed by atoms with Crippen molar-refractivity contribution >= 4 is 17.5 Å². The molecular weight excluding hydrogens is 247 g/mol. The van der Waals surface area contributed by atoms with Gasteiger partial charge in [-0.2, -0.15) is 0 Å². The summed E-state index contributed by atoms with van der Waals surface area (Å²) in [6.07, 6.45) is 5.05. The maximum absolute atomic E-state index is 12.9. The van der Waals surface area contributed by atoms with Gasteiger partial charge >= 0.3 is 0 Å². The van der Waals surface area contributed by atoms with Gasteiger partial charge in [-0.15, -0.1) is 0 Å². The zero-order chi connectivity index (χ0) is 12.3. The Morgan fingerprint density at radius 1 is 1.53 bits per heavy atom. The van der Waals surface area contributed by atoms with Crippen molar-refractivity contribution < 1.29 is 14.0 Å². The molecule has 1 N–H and O–H groups in total. The van der Waals surface area contributed by atoms with Gasteiger partial charge in [0.25, 0.3) is 5.91 Å². The number of hydrogen-bond donors (Lipinski definition) is 1. The molecular formula is C11H12ClFN2O2. The van der Waals surface area contributed by atoms with Crippen LogP contribution in [-0.4, -0.2) is 17.0 Å². The molecule has 1 aliphatic carbocycles. The second-order valence-corrected chi connectivity index (χ2v) is 4.31. The van der Waals surface area contributed by atoms with E-state index in [0.29, 0.717) is 0 Å². The third-order valence-corrected chi connectivity index (χ3v) is 2.97. The monoisotopic (exact) mass is 258 g/mol. The van der Waals surface area contributed by atoms with E-state index in [1.165, 1.54) is 0 Å². The number of hydroxylamine groups is 1. The molecule has 17 heavy (non-hydrogen) atoms. The highest BCUT2D eigenvalue weighted by Gasteiger charge is 2.18. The third-order valence-electron chi connectivity index (χ3n) is 2.67. The van der Waals surface area contributed by atoms with Gasteiger partial charge in [0.2, 0.25) is 0 Å². The summed E-state index contributed by atoms with van der Waals surface area (Å²) in [6.45, 7) is 0. The van der Waals surface area contributed by atoms with Crippen LogP contribution in [0, 0.1) is 5.82 Å². The van der Waals surface area contributed by atoms with Gasteiger partial charge in [0, 0.05) is 0 Å². The number of pyridine rings is 1. The van der Waals surface area contributed by atoms with E-state index in [-0.39, 0.29) is 16.8 Å². The third kappa shape index (κ3) is 3.14. The maximum Gasteiger partial charge on any atom is 0.278 e. The van der Waals surface area contributed by atoms with Crippen molar-refractivity contribution in [2.45, 2.75) is 31.8 Å². The fraction of sp³-hybridized carbons (Fsp3) is 0.455. The number of halogens is 2. The summed E-state index contributed by atoms with van der Waals surface area (Å²) >= 11 is 5.69. The van der Waals surface area contributed by atoms with Gasteiger partial charge < -0.3 is 0 Å². The molecule has 6 heteroatoms. The summed E-state index contributed by atoms with van der Waals surface area (Å²) in [5.74, 6) is -1.19. The minimum atomic E-state index is -0.611. The molecule has 1 aromatic rings. The van der Waals surface area contributed by atoms with Gasteiger partial charge in [-0.25, -0.2) is 14.9 Å². The van der Waals surface area contributed by atoms with E-state index >= 15 is 0 Å². The molecule has 0 aromatic carbocycles. The average molecular weight is 259 g/mol. The van der Waals surface area contributed by atoms with Crippen molar-refractivity contribution in [1.29, 1.82) is 0 Å². The van der Waals surface area contributed by atoms with Crippen LogP contribution in [0.25, 0.3) is 0 Å². The minimum Gasteiger partial charge on any atom is -0.270 e. The lowest BCUT2D eigenvalue weighted by atomic mass is 10.3. The molecule has 92 valence electrons. The molecule has 0 bridgehead atoms. The lowest BCUT2D eigenvalue weighted by molar-refractivity contribution is -0.0125. The Morgan fingerprint density at radius 3 is 2.94 bits per heavy atom. The van der Waals surface area contributed by atoms with E-state index in [0.717, 1.165) is 37.9 Å². The molecule has 0 atom stereocenters. The molecule has 4 nitrogen and oxygen atoms in total. The molecule has 1 saturated carbocycles. The minimum absolute atomic E-state index is 0.0235. The topological polar surface area (TPSA) is 51.2 Å². The predicted octanol–water partition coefficient (Wildman–Crippen LogP) is 2.48. The Bertz CT molecular complexity index is 422. The number of nitrogens with zero attached hydrogens (tertiary/aromatic N) is 1. The largest absolute Gasteiger partial charge is 0.278 e. The first kappa shape index (κ1) is 12.3. The molecule has 0 radical (unpaired) electrons. The molecule has 1 fully saturated rings. The van der Waals surface area contributed by atoms with Crippen LogP contribution in [0.5, 0.6) is 0 Å². The van der Waals surface area contributed by atoms with Crippen molar-refractivity contribution in [1.82, 2.24) is 10.5 Å². The zero-order valence-electron chi connectivity index (χ0n) is 9.08. The van der Waals surface area contributed by atoms with E-state index in [2.05, 4.69) is 10.5 Å². The lowest BCUT2D eigenvalue weighted by Crippen LogP contribution is -2.28. The van der Waals surface area contributed by atoms with Gasteiger partial charge in [-0.1, -0.05) is 24.4 Å². The Morgan fingerprint density at radius 2 is 2.24 bits per heavy atom. The van der Waals surface area contributed by atoms with Crippen LogP contribution < -0.4 is 5.48 Å². The quantitative estimate of drug-likeness (QED) is 0.669. The van der Waals surface area contributed by atoms with Crippen molar-refractivity contribution in [2.75, 3.05) is 0 Å². The van der Waals surface area contributed by atoms with E-state index in [4.69, 9.17) is 16.4 Å². The highest BCUT2D eigenvalue weighted by molar-refractivity contribution is 6.32. The number of hydrogen-bond acceptors (Lipinski definition) is 3. The molecule has 1 aliphatic rings. The van der Waals surface area contributed by atoms with Crippen LogP contribution in [0.4, 0.5) is 4.39 Å². The van der Waals surface area contributed by atoms with E-state index < -0.39 is 11.7 Å². The molecule has 1 aromatic heterocycles. The molecule has 2 rings (SSSR count). The summed E-state index contributed by atoms with van der Waals surface area (Å²) in [7, 11) is 0. The highest BCUT2D eigenvalue weighted by atomic mass is 35.5. The van der Waals surface area contributed by atoms with E-state index in [1.807, 2.05) is 0 Å². The van der Waals surface area contributed by atoms with Crippen LogP contribution in [0.15, 0.2) is 12.3 Å². The molecule has 0 aliphatic heterocycles. The molecule has 0 saturated heterocycles. The van der Waals surface area contributed by atoms with Gasteiger partial charge in [-0.05, 0) is 18.9 Å². The summed E-state index contributed by atoms with van der Waals surface area (Å²) in [5, 5.41) is -0.0427. The van der Waals surface area contributed by atoms with Gasteiger partial charge in [-0.3, -0.25) is 9.63 Å². The first-order chi connectivity index (χ1) is 8.16. The van der Waals surface area contributed by atoms with Gasteiger partial charge in [0.05, 0.1) is 17.9 Å². The number of carbonyl (C=O) groups excluding carboxylic acids is 1. The van der Waals surface area contributed by atoms with Crippen LogP contribution in [0.3, 0.4) is 0 Å². The molecule has 0 unspecified atom stereocenters. The maximum atomic E-state index is 12.9. The average Bonchev–Trinajstić information content (AvgIpc) is 2.82. The van der Waals surface area contributed by atoms with Crippen molar-refractivity contribution in [3.05, 3.63) is 28.8 Å². The second-order valence-electron chi connectivity index (χ2n) is 3.95. The Labute approximate surface area is 103 Å². The van der Waals surface area contributed by atoms with E-state index in [1.54, 1.807) is 0 Å². The SMILES string of the molecule is O=C(NOC1CCCC1)c1cc(F)cnc1Cl. The van der Waals surface area contributed by atoms with E-state index in [9.17, 15) is 9.18 Å². The number of aromatic nitrogens is 1.